The second kappa shape index (κ2) is 9.96. The molecule has 3 aromatic rings. The number of hydrogen-bond donors (Lipinski definition) is 0. The van der Waals surface area contributed by atoms with Crippen molar-refractivity contribution in [1.82, 2.24) is 18.9 Å². The predicted octanol–water partition coefficient (Wildman–Crippen LogP) is 3.46. The summed E-state index contributed by atoms with van der Waals surface area (Å²) in [5, 5.41) is 0.677. The summed E-state index contributed by atoms with van der Waals surface area (Å²) in [6, 6.07) is 15.3. The van der Waals surface area contributed by atoms with Gasteiger partial charge in [-0.05, 0) is 50.8 Å². The van der Waals surface area contributed by atoms with Crippen molar-refractivity contribution in [2.75, 3.05) is 27.2 Å². The van der Waals surface area contributed by atoms with Gasteiger partial charge in [0.25, 0.3) is 0 Å². The minimum absolute atomic E-state index is 0.0343. The predicted molar refractivity (Wildman–Crippen MR) is 122 cm³/mol. The number of aryl methyl sites for hydroxylation is 2. The van der Waals surface area contributed by atoms with E-state index < -0.39 is 0 Å². The number of aromatic nitrogens is 2. The minimum atomic E-state index is -0.0657. The van der Waals surface area contributed by atoms with Crippen LogP contribution in [0.4, 0.5) is 0 Å². The Morgan fingerprint density at radius 1 is 0.967 bits per heavy atom. The fourth-order valence-corrected chi connectivity index (χ4v) is 3.71. The zero-order chi connectivity index (χ0) is 21.7. The number of likely N-dealkylation sites (N-methyl/N-ethyl adjacent to an activating group) is 1. The third-order valence-electron chi connectivity index (χ3n) is 5.25. The second-order valence-corrected chi connectivity index (χ2v) is 8.10. The molecule has 3 rings (SSSR count). The van der Waals surface area contributed by atoms with Crippen molar-refractivity contribution in [2.24, 2.45) is 0 Å². The Kier molecular flexibility index (Phi) is 7.34. The number of imidazole rings is 1. The Bertz CT molecular complexity index is 1050. The number of fused-ring (bicyclic) bond motifs is 1. The van der Waals surface area contributed by atoms with Crippen LogP contribution in [0.15, 0.2) is 53.3 Å². The van der Waals surface area contributed by atoms with Crippen molar-refractivity contribution in [1.29, 1.82) is 0 Å². The highest BCUT2D eigenvalue weighted by Crippen LogP contribution is 2.15. The molecule has 0 aliphatic rings. The third kappa shape index (κ3) is 5.12. The number of benzene rings is 2. The number of amides is 1. The topological polar surface area (TPSA) is 50.5 Å². The third-order valence-corrected chi connectivity index (χ3v) is 5.50. The van der Waals surface area contributed by atoms with Crippen LogP contribution in [0.25, 0.3) is 11.0 Å². The first-order valence-corrected chi connectivity index (χ1v) is 10.6. The van der Waals surface area contributed by atoms with Gasteiger partial charge in [0.2, 0.25) is 5.91 Å². The lowest BCUT2D eigenvalue weighted by Crippen LogP contribution is -2.37. The maximum absolute atomic E-state index is 13.1. The molecule has 6 nitrogen and oxygen atoms in total. The lowest BCUT2D eigenvalue weighted by atomic mass is 10.2. The number of carbonyl (C=O) groups excluding carboxylic acids is 1. The van der Waals surface area contributed by atoms with Crippen molar-refractivity contribution in [3.8, 4) is 0 Å². The Balaban J connectivity index is 1.77. The van der Waals surface area contributed by atoms with Gasteiger partial charge in [0.05, 0.1) is 11.0 Å². The van der Waals surface area contributed by atoms with Crippen molar-refractivity contribution in [2.45, 2.75) is 33.0 Å². The van der Waals surface area contributed by atoms with E-state index in [0.717, 1.165) is 23.1 Å². The smallest absolute Gasteiger partial charge is 0.329 e. The quantitative estimate of drug-likeness (QED) is 0.524. The van der Waals surface area contributed by atoms with E-state index in [1.807, 2.05) is 74.4 Å². The summed E-state index contributed by atoms with van der Waals surface area (Å²) in [4.78, 5) is 29.8. The van der Waals surface area contributed by atoms with Crippen LogP contribution in [0.5, 0.6) is 0 Å². The summed E-state index contributed by atoms with van der Waals surface area (Å²) in [7, 11) is 3.98. The number of nitrogens with zero attached hydrogens (tertiary/aromatic N) is 4. The molecule has 0 atom stereocenters. The van der Waals surface area contributed by atoms with E-state index in [1.165, 1.54) is 0 Å². The van der Waals surface area contributed by atoms with Gasteiger partial charge in [-0.3, -0.25) is 13.9 Å². The highest BCUT2D eigenvalue weighted by atomic mass is 35.5. The maximum atomic E-state index is 13.1. The lowest BCUT2D eigenvalue weighted by Gasteiger charge is -2.25. The van der Waals surface area contributed by atoms with Crippen LogP contribution in [0.1, 0.15) is 18.9 Å². The first-order valence-electron chi connectivity index (χ1n) is 10.3. The highest BCUT2D eigenvalue weighted by Gasteiger charge is 2.17. The first kappa shape index (κ1) is 22.1. The van der Waals surface area contributed by atoms with Crippen LogP contribution >= 0.6 is 11.6 Å². The van der Waals surface area contributed by atoms with Gasteiger partial charge in [-0.2, -0.15) is 0 Å². The Hall–Kier alpha value is -2.57. The maximum Gasteiger partial charge on any atom is 0.329 e. The van der Waals surface area contributed by atoms with Gasteiger partial charge in [0.1, 0.15) is 0 Å². The standard InChI is InChI=1S/C23H29ClN4O2/c1-4-27-20-7-5-6-8-21(20)28(23(27)30)14-13-22(29)26(16-15-25(2)3)17-18-9-11-19(24)12-10-18/h5-12H,4,13-17H2,1-3H3. The molecule has 1 aromatic heterocycles. The van der Waals surface area contributed by atoms with E-state index in [2.05, 4.69) is 4.90 Å². The van der Waals surface area contributed by atoms with Gasteiger partial charge in [-0.1, -0.05) is 35.9 Å². The molecule has 1 heterocycles. The minimum Gasteiger partial charge on any atom is -0.337 e. The van der Waals surface area contributed by atoms with Gasteiger partial charge < -0.3 is 9.80 Å². The first-order chi connectivity index (χ1) is 14.4. The molecule has 160 valence electrons. The van der Waals surface area contributed by atoms with E-state index in [9.17, 15) is 9.59 Å². The molecule has 0 spiro atoms. The summed E-state index contributed by atoms with van der Waals surface area (Å²) < 4.78 is 3.46. The summed E-state index contributed by atoms with van der Waals surface area (Å²) in [6.07, 6.45) is 0.276. The zero-order valence-corrected chi connectivity index (χ0v) is 18.6. The van der Waals surface area contributed by atoms with Crippen LogP contribution in [0, 0.1) is 0 Å². The molecule has 0 fully saturated rings. The van der Waals surface area contributed by atoms with Crippen molar-refractivity contribution in [3.05, 3.63) is 69.6 Å². The fraction of sp³-hybridized carbons (Fsp3) is 0.391. The molecule has 0 radical (unpaired) electrons. The summed E-state index contributed by atoms with van der Waals surface area (Å²) in [5.41, 5.74) is 2.74. The molecule has 0 saturated carbocycles. The van der Waals surface area contributed by atoms with Gasteiger partial charge in [0, 0.05) is 44.2 Å². The van der Waals surface area contributed by atoms with Crippen LogP contribution in [0.3, 0.4) is 0 Å². The van der Waals surface area contributed by atoms with Crippen molar-refractivity contribution in [3.63, 3.8) is 0 Å². The molecular weight excluding hydrogens is 400 g/mol. The summed E-state index contributed by atoms with van der Waals surface area (Å²) in [5.74, 6) is 0.0343. The van der Waals surface area contributed by atoms with Crippen molar-refractivity contribution >= 4 is 28.5 Å². The Labute approximate surface area is 182 Å². The molecule has 1 amide bonds. The van der Waals surface area contributed by atoms with Crippen LogP contribution in [0.2, 0.25) is 5.02 Å². The molecule has 7 heteroatoms. The number of hydrogen-bond acceptors (Lipinski definition) is 3. The molecule has 0 bridgehead atoms. The molecule has 0 aliphatic carbocycles. The zero-order valence-electron chi connectivity index (χ0n) is 17.8. The van der Waals surface area contributed by atoms with Gasteiger partial charge in [-0.15, -0.1) is 0 Å². The molecular formula is C23H29ClN4O2. The molecule has 2 aromatic carbocycles. The van der Waals surface area contributed by atoms with Gasteiger partial charge in [-0.25, -0.2) is 4.79 Å². The van der Waals surface area contributed by atoms with E-state index in [0.29, 0.717) is 31.2 Å². The Morgan fingerprint density at radius 3 is 2.20 bits per heavy atom. The number of carbonyl (C=O) groups is 1. The molecule has 0 saturated heterocycles. The number of halogens is 1. The second-order valence-electron chi connectivity index (χ2n) is 7.66. The highest BCUT2D eigenvalue weighted by molar-refractivity contribution is 6.30. The fourth-order valence-electron chi connectivity index (χ4n) is 3.58. The lowest BCUT2D eigenvalue weighted by molar-refractivity contribution is -0.132. The molecule has 0 N–H and O–H groups in total. The van der Waals surface area contributed by atoms with E-state index >= 15 is 0 Å². The summed E-state index contributed by atoms with van der Waals surface area (Å²) >= 11 is 5.99. The number of rotatable bonds is 9. The average Bonchev–Trinajstić information content (AvgIpc) is 3.01. The normalized spacial score (nSPS) is 11.4. The summed E-state index contributed by atoms with van der Waals surface area (Å²) in [6.45, 7) is 4.85. The molecule has 0 unspecified atom stereocenters. The van der Waals surface area contributed by atoms with Gasteiger partial charge in [0.15, 0.2) is 0 Å². The monoisotopic (exact) mass is 428 g/mol. The van der Waals surface area contributed by atoms with E-state index in [4.69, 9.17) is 11.6 Å². The van der Waals surface area contributed by atoms with Crippen LogP contribution in [-0.4, -0.2) is 52.0 Å². The number of para-hydroxylation sites is 2. The largest absolute Gasteiger partial charge is 0.337 e. The average molecular weight is 429 g/mol. The molecule has 30 heavy (non-hydrogen) atoms. The van der Waals surface area contributed by atoms with Gasteiger partial charge >= 0.3 is 5.69 Å². The SMILES string of the molecule is CCn1c(=O)n(CCC(=O)N(CCN(C)C)Cc2ccc(Cl)cc2)c2ccccc21. The van der Waals surface area contributed by atoms with Crippen LogP contribution < -0.4 is 5.69 Å². The van der Waals surface area contributed by atoms with E-state index in [-0.39, 0.29) is 18.0 Å². The van der Waals surface area contributed by atoms with Crippen LogP contribution in [-0.2, 0) is 24.4 Å². The Morgan fingerprint density at radius 2 is 1.60 bits per heavy atom. The van der Waals surface area contributed by atoms with E-state index in [1.54, 1.807) is 9.13 Å². The van der Waals surface area contributed by atoms with Crippen molar-refractivity contribution < 1.29 is 4.79 Å². The molecule has 0 aliphatic heterocycles.